The van der Waals surface area contributed by atoms with E-state index in [1.54, 1.807) is 13.8 Å². The number of nitrogens with one attached hydrogen (secondary N) is 4. The molecule has 12 nitrogen and oxygen atoms in total. The van der Waals surface area contributed by atoms with Crippen LogP contribution in [0.1, 0.15) is 40.5 Å². The standard InChI is InChI=1S/C18H34N4O8/c1-5-15(23)27-13(3)29-17(25)21-11-9-19-7-8-20-10-12-22-18(26)30-14(4)28-16(24)6-2/h13-14,19-20H,5-12H2,1-4H3,(H,21,25)(H,22,26)/t13-,14-/m1/s1. The summed E-state index contributed by atoms with van der Waals surface area (Å²) >= 11 is 0. The zero-order chi connectivity index (χ0) is 22.8. The van der Waals surface area contributed by atoms with Crippen LogP contribution in [0.4, 0.5) is 9.59 Å². The Morgan fingerprint density at radius 1 is 0.600 bits per heavy atom. The van der Waals surface area contributed by atoms with Crippen LogP contribution in [0.15, 0.2) is 0 Å². The van der Waals surface area contributed by atoms with Crippen molar-refractivity contribution in [3.05, 3.63) is 0 Å². The molecule has 0 aromatic heterocycles. The van der Waals surface area contributed by atoms with E-state index in [1.807, 2.05) is 0 Å². The van der Waals surface area contributed by atoms with Crippen LogP contribution in [0, 0.1) is 0 Å². The van der Waals surface area contributed by atoms with Crippen molar-refractivity contribution < 1.29 is 38.1 Å². The minimum Gasteiger partial charge on any atom is -0.425 e. The molecule has 0 aromatic carbocycles. The van der Waals surface area contributed by atoms with Crippen molar-refractivity contribution in [3.63, 3.8) is 0 Å². The Hall–Kier alpha value is -2.60. The summed E-state index contributed by atoms with van der Waals surface area (Å²) in [6, 6.07) is 0. The smallest absolute Gasteiger partial charge is 0.410 e. The summed E-state index contributed by atoms with van der Waals surface area (Å²) < 4.78 is 19.4. The average Bonchev–Trinajstić information content (AvgIpc) is 2.68. The molecule has 0 radical (unpaired) electrons. The second-order valence-electron chi connectivity index (χ2n) is 5.99. The van der Waals surface area contributed by atoms with Crippen molar-refractivity contribution in [1.29, 1.82) is 0 Å². The Labute approximate surface area is 176 Å². The lowest BCUT2D eigenvalue weighted by molar-refractivity contribution is -0.165. The number of esters is 2. The van der Waals surface area contributed by atoms with Crippen LogP contribution in [0.2, 0.25) is 0 Å². The Morgan fingerprint density at radius 3 is 1.27 bits per heavy atom. The van der Waals surface area contributed by atoms with Crippen LogP contribution in [-0.4, -0.2) is 76.0 Å². The number of carbonyl (C=O) groups excluding carboxylic acids is 4. The van der Waals surface area contributed by atoms with Crippen molar-refractivity contribution in [2.75, 3.05) is 39.3 Å². The third-order valence-corrected chi connectivity index (χ3v) is 3.34. The van der Waals surface area contributed by atoms with Crippen LogP contribution in [0.5, 0.6) is 0 Å². The van der Waals surface area contributed by atoms with Crippen LogP contribution < -0.4 is 21.3 Å². The van der Waals surface area contributed by atoms with Crippen LogP contribution in [-0.2, 0) is 28.5 Å². The van der Waals surface area contributed by atoms with Crippen molar-refractivity contribution in [2.24, 2.45) is 0 Å². The molecule has 0 saturated heterocycles. The van der Waals surface area contributed by atoms with E-state index in [9.17, 15) is 19.2 Å². The summed E-state index contributed by atoms with van der Waals surface area (Å²) in [5, 5.41) is 11.3. The first kappa shape index (κ1) is 27.4. The quantitative estimate of drug-likeness (QED) is 0.160. The number of carbonyl (C=O) groups is 4. The highest BCUT2D eigenvalue weighted by atomic mass is 16.7. The molecule has 0 saturated carbocycles. The van der Waals surface area contributed by atoms with Crippen LogP contribution >= 0.6 is 0 Å². The summed E-state index contributed by atoms with van der Waals surface area (Å²) in [4.78, 5) is 45.1. The van der Waals surface area contributed by atoms with Gasteiger partial charge in [0.05, 0.1) is 0 Å². The van der Waals surface area contributed by atoms with Crippen molar-refractivity contribution in [1.82, 2.24) is 21.3 Å². The molecule has 0 aliphatic heterocycles. The topological polar surface area (TPSA) is 153 Å². The zero-order valence-electron chi connectivity index (χ0n) is 18.1. The van der Waals surface area contributed by atoms with Gasteiger partial charge in [0, 0.05) is 66.0 Å². The van der Waals surface area contributed by atoms with E-state index < -0.39 is 36.7 Å². The van der Waals surface area contributed by atoms with Crippen LogP contribution in [0.3, 0.4) is 0 Å². The molecule has 2 atom stereocenters. The van der Waals surface area contributed by atoms with E-state index in [4.69, 9.17) is 18.9 Å². The molecule has 0 bridgehead atoms. The van der Waals surface area contributed by atoms with Gasteiger partial charge in [0.15, 0.2) is 0 Å². The molecular formula is C18H34N4O8. The summed E-state index contributed by atoms with van der Waals surface area (Å²) in [7, 11) is 0. The van der Waals surface area contributed by atoms with Gasteiger partial charge in [-0.2, -0.15) is 0 Å². The highest BCUT2D eigenvalue weighted by molar-refractivity contribution is 5.70. The fraction of sp³-hybridized carbons (Fsp3) is 0.778. The molecule has 0 rings (SSSR count). The van der Waals surface area contributed by atoms with Gasteiger partial charge in [-0.25, -0.2) is 9.59 Å². The van der Waals surface area contributed by atoms with Gasteiger partial charge in [-0.3, -0.25) is 9.59 Å². The van der Waals surface area contributed by atoms with Gasteiger partial charge in [-0.05, 0) is 0 Å². The summed E-state index contributed by atoms with van der Waals surface area (Å²) in [6.07, 6.45) is -2.78. The lowest BCUT2D eigenvalue weighted by atomic mass is 10.5. The second-order valence-corrected chi connectivity index (χ2v) is 5.99. The van der Waals surface area contributed by atoms with E-state index >= 15 is 0 Å². The molecule has 2 amide bonds. The SMILES string of the molecule is CCC(=O)O[C@@H](C)OC(=O)NCCNCCNCCNC(=O)O[C@H](C)OC(=O)CC. The predicted octanol–water partition coefficient (Wildman–Crippen LogP) is 0.216. The third-order valence-electron chi connectivity index (χ3n) is 3.34. The lowest BCUT2D eigenvalue weighted by Crippen LogP contribution is -2.38. The van der Waals surface area contributed by atoms with Gasteiger partial charge >= 0.3 is 24.1 Å². The Kier molecular flexibility index (Phi) is 15.8. The largest absolute Gasteiger partial charge is 0.425 e. The zero-order valence-corrected chi connectivity index (χ0v) is 18.1. The Bertz CT molecular complexity index is 486. The molecule has 30 heavy (non-hydrogen) atoms. The number of amides is 2. The average molecular weight is 434 g/mol. The summed E-state index contributed by atoms with van der Waals surface area (Å²) in [6.45, 7) is 9.28. The molecule has 0 unspecified atom stereocenters. The third kappa shape index (κ3) is 16.4. The number of hydrogen-bond acceptors (Lipinski definition) is 10. The monoisotopic (exact) mass is 434 g/mol. The minimum absolute atomic E-state index is 0.211. The molecule has 12 heteroatoms. The number of hydrogen-bond donors (Lipinski definition) is 4. The molecule has 0 heterocycles. The number of alkyl carbamates (subject to hydrolysis) is 2. The Morgan fingerprint density at radius 2 is 0.933 bits per heavy atom. The summed E-state index contributed by atoms with van der Waals surface area (Å²) in [5.74, 6) is -0.882. The number of ether oxygens (including phenoxy) is 4. The van der Waals surface area contributed by atoms with Gasteiger partial charge < -0.3 is 40.2 Å². The first-order valence-corrected chi connectivity index (χ1v) is 9.97. The van der Waals surface area contributed by atoms with Gasteiger partial charge in [-0.1, -0.05) is 13.8 Å². The van der Waals surface area contributed by atoms with Gasteiger partial charge in [0.1, 0.15) is 0 Å². The fourth-order valence-electron chi connectivity index (χ4n) is 1.90. The van der Waals surface area contributed by atoms with E-state index in [-0.39, 0.29) is 12.8 Å². The number of rotatable bonds is 15. The predicted molar refractivity (Wildman–Crippen MR) is 106 cm³/mol. The first-order chi connectivity index (χ1) is 14.3. The maximum atomic E-state index is 11.5. The second kappa shape index (κ2) is 17.3. The van der Waals surface area contributed by atoms with Gasteiger partial charge in [0.25, 0.3) is 0 Å². The van der Waals surface area contributed by atoms with E-state index in [0.29, 0.717) is 39.3 Å². The molecule has 0 spiro atoms. The molecule has 0 fully saturated rings. The lowest BCUT2D eigenvalue weighted by Gasteiger charge is -2.14. The van der Waals surface area contributed by atoms with E-state index in [1.165, 1.54) is 13.8 Å². The fourth-order valence-corrected chi connectivity index (χ4v) is 1.90. The van der Waals surface area contributed by atoms with E-state index in [0.717, 1.165) is 0 Å². The molecular weight excluding hydrogens is 400 g/mol. The van der Waals surface area contributed by atoms with Crippen molar-refractivity contribution in [2.45, 2.75) is 53.1 Å². The molecule has 4 N–H and O–H groups in total. The molecule has 174 valence electrons. The van der Waals surface area contributed by atoms with Gasteiger partial charge in [-0.15, -0.1) is 0 Å². The Balaban J connectivity index is 3.51. The highest BCUT2D eigenvalue weighted by Crippen LogP contribution is 1.97. The highest BCUT2D eigenvalue weighted by Gasteiger charge is 2.13. The van der Waals surface area contributed by atoms with Gasteiger partial charge in [0.2, 0.25) is 12.6 Å². The van der Waals surface area contributed by atoms with E-state index in [2.05, 4.69) is 21.3 Å². The first-order valence-electron chi connectivity index (χ1n) is 9.97. The molecule has 0 aliphatic rings. The van der Waals surface area contributed by atoms with Crippen molar-refractivity contribution in [3.8, 4) is 0 Å². The van der Waals surface area contributed by atoms with Crippen molar-refractivity contribution >= 4 is 24.1 Å². The maximum absolute atomic E-state index is 11.5. The summed E-state index contributed by atoms with van der Waals surface area (Å²) in [5.41, 5.74) is 0. The maximum Gasteiger partial charge on any atom is 0.410 e. The van der Waals surface area contributed by atoms with Crippen LogP contribution in [0.25, 0.3) is 0 Å². The molecule has 0 aliphatic carbocycles. The molecule has 0 aromatic rings. The minimum atomic E-state index is -0.935. The normalized spacial score (nSPS) is 12.3.